The largest absolute Gasteiger partial charge is 0.234 e. The third kappa shape index (κ3) is 3.48. The zero-order valence-electron chi connectivity index (χ0n) is 15.6. The van der Waals surface area contributed by atoms with E-state index in [1.807, 2.05) is 12.1 Å². The minimum absolute atomic E-state index is 1.04. The molecule has 0 bridgehead atoms. The Balaban J connectivity index is 1.39. The van der Waals surface area contributed by atoms with Gasteiger partial charge in [-0.1, -0.05) is 83.4 Å². The van der Waals surface area contributed by atoms with Gasteiger partial charge >= 0.3 is 0 Å². The smallest absolute Gasteiger partial charge is 0.140 e. The van der Waals surface area contributed by atoms with Crippen molar-refractivity contribution in [2.24, 2.45) is 9.98 Å². The highest BCUT2D eigenvalue weighted by Gasteiger charge is 2.24. The summed E-state index contributed by atoms with van der Waals surface area (Å²) < 4.78 is 2.12. The van der Waals surface area contributed by atoms with Gasteiger partial charge in [0.1, 0.15) is 8.75 Å². The third-order valence-corrected chi connectivity index (χ3v) is 8.95. The number of nitrogens with zero attached hydrogens (tertiary/aromatic N) is 2. The summed E-state index contributed by atoms with van der Waals surface area (Å²) in [6.07, 6.45) is 0. The molecular formula is C24H14N2S4. The molecule has 2 aliphatic rings. The fourth-order valence-corrected chi connectivity index (χ4v) is 7.73. The molecule has 0 saturated carbocycles. The normalized spacial score (nSPS) is 14.4. The van der Waals surface area contributed by atoms with Crippen molar-refractivity contribution in [3.05, 3.63) is 84.9 Å². The van der Waals surface area contributed by atoms with Gasteiger partial charge in [-0.25, -0.2) is 9.98 Å². The van der Waals surface area contributed by atoms with Gasteiger partial charge in [0.2, 0.25) is 0 Å². The molecule has 6 heteroatoms. The quantitative estimate of drug-likeness (QED) is 0.300. The van der Waals surface area contributed by atoms with E-state index in [0.29, 0.717) is 0 Å². The van der Waals surface area contributed by atoms with Crippen molar-refractivity contribution < 1.29 is 0 Å². The molecule has 0 atom stereocenters. The van der Waals surface area contributed by atoms with Crippen LogP contribution in [0, 0.1) is 0 Å². The van der Waals surface area contributed by atoms with Crippen molar-refractivity contribution in [2.45, 2.75) is 19.6 Å². The maximum absolute atomic E-state index is 4.97. The fourth-order valence-electron chi connectivity index (χ4n) is 3.45. The SMILES string of the molecule is c1ccc(SC2=Nc3ccc4c5c(ccc(c35)S2)N=C(Sc2ccccc2)S4)cc1. The first-order chi connectivity index (χ1) is 14.8. The van der Waals surface area contributed by atoms with Crippen LogP contribution in [0.3, 0.4) is 0 Å². The first-order valence-electron chi connectivity index (χ1n) is 9.42. The number of hydrogen-bond acceptors (Lipinski definition) is 6. The molecule has 144 valence electrons. The lowest BCUT2D eigenvalue weighted by Gasteiger charge is -2.21. The van der Waals surface area contributed by atoms with Crippen LogP contribution in [-0.4, -0.2) is 8.75 Å². The number of thioether (sulfide) groups is 4. The first-order valence-corrected chi connectivity index (χ1v) is 12.7. The number of benzene rings is 4. The van der Waals surface area contributed by atoms with Gasteiger partial charge in [0, 0.05) is 30.4 Å². The molecule has 2 aliphatic heterocycles. The molecule has 0 spiro atoms. The minimum Gasteiger partial charge on any atom is -0.234 e. The third-order valence-electron chi connectivity index (χ3n) is 4.75. The number of rotatable bonds is 2. The Morgan fingerprint density at radius 3 is 1.37 bits per heavy atom. The molecule has 4 aromatic rings. The molecule has 0 amide bonds. The van der Waals surface area contributed by atoms with Crippen LogP contribution in [0.25, 0.3) is 10.8 Å². The van der Waals surface area contributed by atoms with E-state index in [0.717, 1.165) is 20.1 Å². The van der Waals surface area contributed by atoms with Crippen LogP contribution in [0.2, 0.25) is 0 Å². The minimum atomic E-state index is 1.04. The molecule has 0 unspecified atom stereocenters. The second kappa shape index (κ2) is 7.85. The van der Waals surface area contributed by atoms with Gasteiger partial charge in [-0.15, -0.1) is 0 Å². The van der Waals surface area contributed by atoms with Crippen LogP contribution in [0.4, 0.5) is 11.4 Å². The van der Waals surface area contributed by atoms with Crippen LogP contribution in [0.1, 0.15) is 0 Å². The summed E-state index contributed by atoms with van der Waals surface area (Å²) in [5.74, 6) is 0. The van der Waals surface area contributed by atoms with Crippen molar-refractivity contribution in [1.82, 2.24) is 0 Å². The lowest BCUT2D eigenvalue weighted by atomic mass is 10.1. The molecular weight excluding hydrogens is 445 g/mol. The van der Waals surface area contributed by atoms with Crippen LogP contribution >= 0.6 is 47.0 Å². The van der Waals surface area contributed by atoms with Crippen LogP contribution < -0.4 is 0 Å². The second-order valence-corrected chi connectivity index (χ2v) is 11.4. The standard InChI is InChI=1S/C24H14N2S4/c1-3-7-15(8-4-1)27-23-25-17-11-14-20-22-18(12-13-19(29-23)21(17)22)26-24(30-20)28-16-9-5-2-6-10-16/h1-14H. The lowest BCUT2D eigenvalue weighted by molar-refractivity contribution is 1.41. The van der Waals surface area contributed by atoms with Gasteiger partial charge in [-0.05, 0) is 48.5 Å². The fraction of sp³-hybridized carbons (Fsp3) is 0. The summed E-state index contributed by atoms with van der Waals surface area (Å²) in [5.41, 5.74) is 2.08. The van der Waals surface area contributed by atoms with Crippen molar-refractivity contribution in [3.63, 3.8) is 0 Å². The molecule has 4 aromatic carbocycles. The zero-order valence-corrected chi connectivity index (χ0v) is 18.9. The van der Waals surface area contributed by atoms with E-state index < -0.39 is 0 Å². The Hall–Kier alpha value is -2.12. The molecule has 2 nitrogen and oxygen atoms in total. The van der Waals surface area contributed by atoms with Crippen molar-refractivity contribution in [2.75, 3.05) is 0 Å². The summed E-state index contributed by atoms with van der Waals surface area (Å²) in [6, 6.07) is 29.5. The first kappa shape index (κ1) is 18.6. The average Bonchev–Trinajstić information content (AvgIpc) is 2.78. The highest BCUT2D eigenvalue weighted by atomic mass is 32.2. The molecule has 0 radical (unpaired) electrons. The molecule has 30 heavy (non-hydrogen) atoms. The van der Waals surface area contributed by atoms with Crippen molar-refractivity contribution in [1.29, 1.82) is 0 Å². The predicted octanol–water partition coefficient (Wildman–Crippen LogP) is 8.61. The molecule has 0 fully saturated rings. The summed E-state index contributed by atoms with van der Waals surface area (Å²) in [5, 5.41) is 2.46. The van der Waals surface area contributed by atoms with Crippen molar-refractivity contribution >= 4 is 77.9 Å². The Kier molecular flexibility index (Phi) is 4.88. The summed E-state index contributed by atoms with van der Waals surface area (Å²) in [4.78, 5) is 14.9. The van der Waals surface area contributed by atoms with Crippen LogP contribution in [-0.2, 0) is 0 Å². The van der Waals surface area contributed by atoms with Gasteiger partial charge in [-0.3, -0.25) is 0 Å². The average molecular weight is 459 g/mol. The summed E-state index contributed by atoms with van der Waals surface area (Å²) in [7, 11) is 0. The molecule has 0 N–H and O–H groups in total. The highest BCUT2D eigenvalue weighted by molar-refractivity contribution is 8.39. The Morgan fingerprint density at radius 1 is 0.500 bits per heavy atom. The van der Waals surface area contributed by atoms with E-state index in [9.17, 15) is 0 Å². The van der Waals surface area contributed by atoms with Gasteiger partial charge in [0.25, 0.3) is 0 Å². The topological polar surface area (TPSA) is 24.7 Å². The molecule has 2 heterocycles. The zero-order chi connectivity index (χ0) is 19.9. The number of aliphatic imine (C=N–C) groups is 2. The van der Waals surface area contributed by atoms with E-state index in [1.54, 1.807) is 47.0 Å². The van der Waals surface area contributed by atoms with E-state index in [2.05, 4.69) is 72.8 Å². The van der Waals surface area contributed by atoms with Crippen LogP contribution in [0.5, 0.6) is 0 Å². The van der Waals surface area contributed by atoms with E-state index >= 15 is 0 Å². The predicted molar refractivity (Wildman–Crippen MR) is 134 cm³/mol. The van der Waals surface area contributed by atoms with Gasteiger partial charge in [0.05, 0.1) is 11.4 Å². The van der Waals surface area contributed by atoms with E-state index in [1.165, 1.54) is 30.4 Å². The summed E-state index contributed by atoms with van der Waals surface area (Å²) in [6.45, 7) is 0. The number of hydrogen-bond donors (Lipinski definition) is 0. The Morgan fingerprint density at radius 2 is 0.933 bits per heavy atom. The van der Waals surface area contributed by atoms with Crippen LogP contribution in [0.15, 0.2) is 114 Å². The highest BCUT2D eigenvalue weighted by Crippen LogP contribution is 2.52. The Labute approximate surface area is 191 Å². The maximum atomic E-state index is 4.97. The molecule has 6 rings (SSSR count). The van der Waals surface area contributed by atoms with Gasteiger partial charge in [-0.2, -0.15) is 0 Å². The molecule has 0 saturated heterocycles. The van der Waals surface area contributed by atoms with E-state index in [4.69, 9.17) is 9.98 Å². The maximum Gasteiger partial charge on any atom is 0.140 e. The molecule has 0 aromatic heterocycles. The van der Waals surface area contributed by atoms with Crippen molar-refractivity contribution in [3.8, 4) is 0 Å². The van der Waals surface area contributed by atoms with Gasteiger partial charge < -0.3 is 0 Å². The second-order valence-electron chi connectivity index (χ2n) is 6.71. The van der Waals surface area contributed by atoms with Gasteiger partial charge in [0.15, 0.2) is 0 Å². The Bertz CT molecular complexity index is 1230. The summed E-state index contributed by atoms with van der Waals surface area (Å²) >= 11 is 6.94. The molecule has 0 aliphatic carbocycles. The monoisotopic (exact) mass is 458 g/mol. The lowest BCUT2D eigenvalue weighted by Crippen LogP contribution is -1.98. The van der Waals surface area contributed by atoms with E-state index in [-0.39, 0.29) is 0 Å².